The van der Waals surface area contributed by atoms with Crippen LogP contribution >= 0.6 is 59.2 Å². The second-order valence-corrected chi connectivity index (χ2v) is 11.1. The maximum Gasteiger partial charge on any atom is 0.128 e. The molecule has 0 amide bonds. The second kappa shape index (κ2) is 10.2. The minimum absolute atomic E-state index is 0.904. The summed E-state index contributed by atoms with van der Waals surface area (Å²) in [4.78, 5) is 4.45. The zero-order valence-corrected chi connectivity index (χ0v) is 20.6. The van der Waals surface area contributed by atoms with Crippen LogP contribution < -0.4 is 9.80 Å². The second-order valence-electron chi connectivity index (χ2n) is 6.61. The summed E-state index contributed by atoms with van der Waals surface area (Å²) in [5.41, 5.74) is 6.09. The lowest BCUT2D eigenvalue weighted by Gasteiger charge is -2.20. The van der Waals surface area contributed by atoms with Crippen molar-refractivity contribution in [2.24, 2.45) is 0 Å². The van der Waals surface area contributed by atoms with Crippen LogP contribution in [-0.4, -0.2) is 59.7 Å². The summed E-state index contributed by atoms with van der Waals surface area (Å²) in [5.74, 6) is 1.88. The lowest BCUT2D eigenvalue weighted by atomic mass is 10.2. The van der Waals surface area contributed by atoms with E-state index in [2.05, 4.69) is 53.5 Å². The third-order valence-corrected chi connectivity index (χ3v) is 8.39. The molecule has 0 fully saturated rings. The molecule has 2 aromatic heterocycles. The Bertz CT molecular complexity index is 1050. The first-order chi connectivity index (χ1) is 14.6. The van der Waals surface area contributed by atoms with Gasteiger partial charge in [0.2, 0.25) is 0 Å². The van der Waals surface area contributed by atoms with Gasteiger partial charge in [0.05, 0.1) is 34.8 Å². The molecule has 0 bridgehead atoms. The zero-order chi connectivity index (χ0) is 20.9. The van der Waals surface area contributed by atoms with Crippen molar-refractivity contribution in [3.63, 3.8) is 0 Å². The van der Waals surface area contributed by atoms with Crippen LogP contribution in [0, 0.1) is 0 Å². The summed E-state index contributed by atoms with van der Waals surface area (Å²) in [7, 11) is 4.18. The number of hydrogen-bond acceptors (Lipinski definition) is 11. The third kappa shape index (κ3) is 5.02. The van der Waals surface area contributed by atoms with Crippen LogP contribution in [0.3, 0.4) is 0 Å². The fourth-order valence-corrected chi connectivity index (χ4v) is 6.50. The molecule has 0 aliphatic rings. The van der Waals surface area contributed by atoms with Gasteiger partial charge in [-0.1, -0.05) is 24.4 Å². The molecule has 0 spiro atoms. The first kappa shape index (κ1) is 21.7. The monoisotopic (exact) mass is 492 g/mol. The Balaban J connectivity index is 1.21. The molecule has 11 heteroatoms. The zero-order valence-electron chi connectivity index (χ0n) is 16.5. The van der Waals surface area contributed by atoms with Crippen LogP contribution in [0.2, 0.25) is 0 Å². The molecule has 0 aliphatic carbocycles. The van der Waals surface area contributed by atoms with Gasteiger partial charge in [0.15, 0.2) is 0 Å². The SMILES string of the molecule is CN(CCSC(=S)SCCN(C)c1cccc2nsnc12)c1cccc2nsnc12. The molecule has 156 valence electrons. The van der Waals surface area contributed by atoms with Crippen LogP contribution in [0.4, 0.5) is 11.4 Å². The van der Waals surface area contributed by atoms with Gasteiger partial charge in [0.25, 0.3) is 0 Å². The smallest absolute Gasteiger partial charge is 0.128 e. The number of nitrogens with zero attached hydrogens (tertiary/aromatic N) is 6. The molecule has 0 N–H and O–H groups in total. The number of benzene rings is 2. The average Bonchev–Trinajstić information content (AvgIpc) is 3.42. The molecule has 30 heavy (non-hydrogen) atoms. The molecule has 0 aliphatic heterocycles. The van der Waals surface area contributed by atoms with Gasteiger partial charge >= 0.3 is 0 Å². The van der Waals surface area contributed by atoms with E-state index >= 15 is 0 Å². The molecule has 0 unspecified atom stereocenters. The molecule has 0 saturated heterocycles. The van der Waals surface area contributed by atoms with Crippen LogP contribution in [0.15, 0.2) is 36.4 Å². The Kier molecular flexibility index (Phi) is 7.37. The Morgan fingerprint density at radius 3 is 1.73 bits per heavy atom. The number of aromatic nitrogens is 4. The quantitative estimate of drug-likeness (QED) is 0.316. The number of thioether (sulfide) groups is 2. The highest BCUT2D eigenvalue weighted by atomic mass is 32.2. The van der Waals surface area contributed by atoms with Gasteiger partial charge in [-0.05, 0) is 24.3 Å². The van der Waals surface area contributed by atoms with Gasteiger partial charge in [-0.3, -0.25) is 0 Å². The number of hydrogen-bond donors (Lipinski definition) is 0. The van der Waals surface area contributed by atoms with Gasteiger partial charge in [0.1, 0.15) is 25.6 Å². The summed E-state index contributed by atoms with van der Waals surface area (Å²) in [6.45, 7) is 1.81. The fourth-order valence-electron chi connectivity index (χ4n) is 3.01. The van der Waals surface area contributed by atoms with E-state index in [0.717, 1.165) is 61.6 Å². The molecular weight excluding hydrogens is 473 g/mol. The molecule has 0 saturated carbocycles. The highest BCUT2D eigenvalue weighted by Gasteiger charge is 2.11. The average molecular weight is 493 g/mol. The van der Waals surface area contributed by atoms with E-state index < -0.39 is 0 Å². The summed E-state index contributed by atoms with van der Waals surface area (Å²) in [5, 5.41) is 0. The summed E-state index contributed by atoms with van der Waals surface area (Å²) >= 11 is 11.6. The van der Waals surface area contributed by atoms with Crippen molar-refractivity contribution in [2.45, 2.75) is 0 Å². The Morgan fingerprint density at radius 1 is 0.800 bits per heavy atom. The predicted molar refractivity (Wildman–Crippen MR) is 139 cm³/mol. The fraction of sp³-hybridized carbons (Fsp3) is 0.316. The van der Waals surface area contributed by atoms with Gasteiger partial charge < -0.3 is 9.80 Å². The third-order valence-electron chi connectivity index (χ3n) is 4.65. The molecule has 2 heterocycles. The highest BCUT2D eigenvalue weighted by Crippen LogP contribution is 2.26. The van der Waals surface area contributed by atoms with Gasteiger partial charge in [0, 0.05) is 38.7 Å². The van der Waals surface area contributed by atoms with Crippen molar-refractivity contribution in [1.82, 2.24) is 17.5 Å². The topological polar surface area (TPSA) is 58.0 Å². The molecule has 4 rings (SSSR count). The van der Waals surface area contributed by atoms with Gasteiger partial charge in [-0.25, -0.2) is 0 Å². The van der Waals surface area contributed by atoms with E-state index in [-0.39, 0.29) is 0 Å². The molecule has 6 nitrogen and oxygen atoms in total. The maximum absolute atomic E-state index is 5.57. The van der Waals surface area contributed by atoms with Gasteiger partial charge in [-0.2, -0.15) is 17.5 Å². The van der Waals surface area contributed by atoms with Crippen LogP contribution in [0.25, 0.3) is 22.1 Å². The van der Waals surface area contributed by atoms with Crippen molar-refractivity contribution in [3.05, 3.63) is 36.4 Å². The minimum atomic E-state index is 0.904. The molecule has 4 aromatic rings. The standard InChI is InChI=1S/C19H20N6S5/c1-24(15-7-3-5-13-17(15)22-29-20-13)9-11-27-19(26)28-12-10-25(2)16-8-4-6-14-18(16)23-30-21-14/h3-8H,9-12H2,1-2H3. The Hall–Kier alpha value is -1.53. The van der Waals surface area contributed by atoms with E-state index in [9.17, 15) is 0 Å². The first-order valence-electron chi connectivity index (χ1n) is 9.28. The van der Waals surface area contributed by atoms with Crippen LogP contribution in [0.1, 0.15) is 0 Å². The Labute approximate surface area is 197 Å². The number of thiocarbonyl (C=S) groups is 1. The number of rotatable bonds is 8. The molecule has 0 radical (unpaired) electrons. The maximum atomic E-state index is 5.57. The van der Waals surface area contributed by atoms with E-state index in [1.165, 1.54) is 23.5 Å². The van der Waals surface area contributed by atoms with Crippen LogP contribution in [-0.2, 0) is 0 Å². The molecular formula is C19H20N6S5. The summed E-state index contributed by atoms with van der Waals surface area (Å²) < 4.78 is 18.5. The number of anilines is 2. The van der Waals surface area contributed by atoms with Crippen molar-refractivity contribution >= 4 is 96.2 Å². The highest BCUT2D eigenvalue weighted by molar-refractivity contribution is 8.47. The van der Waals surface area contributed by atoms with Crippen molar-refractivity contribution in [2.75, 3.05) is 48.5 Å². The predicted octanol–water partition coefficient (Wildman–Crippen LogP) is 5.02. The lowest BCUT2D eigenvalue weighted by Crippen LogP contribution is -2.21. The van der Waals surface area contributed by atoms with Crippen LogP contribution in [0.5, 0.6) is 0 Å². The van der Waals surface area contributed by atoms with E-state index in [4.69, 9.17) is 12.2 Å². The lowest BCUT2D eigenvalue weighted by molar-refractivity contribution is 0.983. The van der Waals surface area contributed by atoms with Crippen molar-refractivity contribution in [1.29, 1.82) is 0 Å². The van der Waals surface area contributed by atoms with E-state index in [1.807, 2.05) is 24.3 Å². The van der Waals surface area contributed by atoms with Crippen molar-refractivity contribution < 1.29 is 0 Å². The molecule has 0 atom stereocenters. The largest absolute Gasteiger partial charge is 0.372 e. The summed E-state index contributed by atoms with van der Waals surface area (Å²) in [6, 6.07) is 12.2. The minimum Gasteiger partial charge on any atom is -0.372 e. The summed E-state index contributed by atoms with van der Waals surface area (Å²) in [6.07, 6.45) is 0. The van der Waals surface area contributed by atoms with E-state index in [1.54, 1.807) is 23.5 Å². The van der Waals surface area contributed by atoms with Crippen molar-refractivity contribution in [3.8, 4) is 0 Å². The molecule has 2 aromatic carbocycles. The van der Waals surface area contributed by atoms with E-state index in [0.29, 0.717) is 0 Å². The number of fused-ring (bicyclic) bond motifs is 2. The Morgan fingerprint density at radius 2 is 1.27 bits per heavy atom. The first-order valence-corrected chi connectivity index (χ1v) is 13.1. The normalized spacial score (nSPS) is 11.3. The van der Waals surface area contributed by atoms with Gasteiger partial charge in [-0.15, -0.1) is 23.5 Å².